The van der Waals surface area contributed by atoms with Crippen molar-refractivity contribution in [3.05, 3.63) is 74.7 Å². The zero-order valence-electron chi connectivity index (χ0n) is 13.6. The van der Waals surface area contributed by atoms with E-state index in [1.165, 1.54) is 23.5 Å². The number of thiazole rings is 1. The van der Waals surface area contributed by atoms with Gasteiger partial charge in [-0.3, -0.25) is 20.2 Å². The molecule has 2 aromatic heterocycles. The van der Waals surface area contributed by atoms with Crippen LogP contribution in [0, 0.1) is 10.1 Å². The van der Waals surface area contributed by atoms with E-state index in [1.807, 2.05) is 35.8 Å². The van der Waals surface area contributed by atoms with Crippen molar-refractivity contribution < 1.29 is 9.72 Å². The average molecular weight is 399 g/mol. The molecule has 0 aliphatic carbocycles. The molecule has 2 N–H and O–H groups in total. The minimum absolute atomic E-state index is 0.0209. The number of anilines is 1. The molecule has 2 heterocycles. The molecule has 2 aromatic carbocycles. The number of nitrogens with zero attached hydrogens (tertiary/aromatic N) is 2. The van der Waals surface area contributed by atoms with Gasteiger partial charge in [-0.15, -0.1) is 11.3 Å². The highest BCUT2D eigenvalue weighted by molar-refractivity contribution is 7.14. The van der Waals surface area contributed by atoms with Crippen LogP contribution in [-0.2, 0) is 0 Å². The summed E-state index contributed by atoms with van der Waals surface area (Å²) >= 11 is 7.05. The van der Waals surface area contributed by atoms with Crippen LogP contribution >= 0.6 is 22.9 Å². The zero-order valence-corrected chi connectivity index (χ0v) is 15.2. The van der Waals surface area contributed by atoms with Crippen LogP contribution in [0.4, 0.5) is 10.8 Å². The molecule has 0 saturated heterocycles. The summed E-state index contributed by atoms with van der Waals surface area (Å²) in [6, 6.07) is 11.8. The number of aromatic nitrogens is 2. The lowest BCUT2D eigenvalue weighted by atomic mass is 10.1. The minimum atomic E-state index is -0.627. The zero-order chi connectivity index (χ0) is 19.0. The molecule has 0 bridgehead atoms. The van der Waals surface area contributed by atoms with E-state index < -0.39 is 10.8 Å². The largest absolute Gasteiger partial charge is 0.360 e. The number of carbonyl (C=O) groups is 1. The standard InChI is InChI=1S/C18H11ClN4O3S/c19-13-6-5-10(7-16(13)23(25)26)17(24)22-18-21-15(9-27-18)12-8-20-14-4-2-1-3-11(12)14/h1-9,20H,(H,21,22,24). The third-order valence-corrected chi connectivity index (χ3v) is 5.07. The second-order valence-corrected chi connectivity index (χ2v) is 6.93. The number of rotatable bonds is 4. The first kappa shape index (κ1) is 17.2. The van der Waals surface area contributed by atoms with Gasteiger partial charge in [0, 0.05) is 39.7 Å². The minimum Gasteiger partial charge on any atom is -0.360 e. The normalized spacial score (nSPS) is 10.9. The van der Waals surface area contributed by atoms with E-state index in [0.29, 0.717) is 5.13 Å². The Hall–Kier alpha value is -3.23. The van der Waals surface area contributed by atoms with Crippen molar-refractivity contribution in [2.75, 3.05) is 5.32 Å². The second kappa shape index (κ2) is 6.82. The predicted octanol–water partition coefficient (Wildman–Crippen LogP) is 5.11. The van der Waals surface area contributed by atoms with Gasteiger partial charge in [0.05, 0.1) is 10.6 Å². The van der Waals surface area contributed by atoms with Crippen molar-refractivity contribution >= 4 is 50.6 Å². The molecule has 0 aliphatic heterocycles. The monoisotopic (exact) mass is 398 g/mol. The number of para-hydroxylation sites is 1. The molecule has 1 amide bonds. The Balaban J connectivity index is 1.59. The SMILES string of the molecule is O=C(Nc1nc(-c2c[nH]c3ccccc23)cs1)c1ccc(Cl)c([N+](=O)[O-])c1. The molecule has 0 radical (unpaired) electrons. The molecule has 0 spiro atoms. The van der Waals surface area contributed by atoms with E-state index in [-0.39, 0.29) is 16.3 Å². The first-order chi connectivity index (χ1) is 13.0. The van der Waals surface area contributed by atoms with Gasteiger partial charge in [-0.2, -0.15) is 0 Å². The molecule has 4 aromatic rings. The number of hydrogen-bond donors (Lipinski definition) is 2. The maximum absolute atomic E-state index is 12.4. The van der Waals surface area contributed by atoms with E-state index >= 15 is 0 Å². The number of benzene rings is 2. The molecular formula is C18H11ClN4O3S. The molecule has 134 valence electrons. The molecule has 4 rings (SSSR count). The molecular weight excluding hydrogens is 388 g/mol. The molecule has 0 atom stereocenters. The summed E-state index contributed by atoms with van der Waals surface area (Å²) in [5, 5.41) is 16.9. The number of nitro groups is 1. The van der Waals surface area contributed by atoms with E-state index in [0.717, 1.165) is 28.2 Å². The Bertz CT molecular complexity index is 1180. The topological polar surface area (TPSA) is 101 Å². The second-order valence-electron chi connectivity index (χ2n) is 5.66. The van der Waals surface area contributed by atoms with Crippen LogP contribution in [0.5, 0.6) is 0 Å². The summed E-state index contributed by atoms with van der Waals surface area (Å²) in [5.41, 5.74) is 2.48. The van der Waals surface area contributed by atoms with Crippen LogP contribution in [0.15, 0.2) is 54.0 Å². The number of hydrogen-bond acceptors (Lipinski definition) is 5. The van der Waals surface area contributed by atoms with Gasteiger partial charge in [-0.1, -0.05) is 29.8 Å². The summed E-state index contributed by atoms with van der Waals surface area (Å²) in [4.78, 5) is 30.4. The Kier molecular flexibility index (Phi) is 4.35. The van der Waals surface area contributed by atoms with Crippen LogP contribution in [0.25, 0.3) is 22.2 Å². The lowest BCUT2D eigenvalue weighted by Crippen LogP contribution is -2.12. The van der Waals surface area contributed by atoms with Gasteiger partial charge in [-0.05, 0) is 18.2 Å². The van der Waals surface area contributed by atoms with Gasteiger partial charge >= 0.3 is 0 Å². The van der Waals surface area contributed by atoms with E-state index in [2.05, 4.69) is 15.3 Å². The van der Waals surface area contributed by atoms with Crippen LogP contribution in [0.1, 0.15) is 10.4 Å². The van der Waals surface area contributed by atoms with Gasteiger partial charge in [0.1, 0.15) is 5.02 Å². The highest BCUT2D eigenvalue weighted by Crippen LogP contribution is 2.31. The molecule has 7 nitrogen and oxygen atoms in total. The van der Waals surface area contributed by atoms with E-state index in [1.54, 1.807) is 0 Å². The van der Waals surface area contributed by atoms with E-state index in [9.17, 15) is 14.9 Å². The van der Waals surface area contributed by atoms with Gasteiger partial charge in [0.15, 0.2) is 5.13 Å². The van der Waals surface area contributed by atoms with Crippen LogP contribution in [0.2, 0.25) is 5.02 Å². The number of carbonyl (C=O) groups excluding carboxylic acids is 1. The van der Waals surface area contributed by atoms with Crippen LogP contribution in [-0.4, -0.2) is 20.8 Å². The fraction of sp³-hybridized carbons (Fsp3) is 0. The Morgan fingerprint density at radius 1 is 1.26 bits per heavy atom. The predicted molar refractivity (Wildman–Crippen MR) is 105 cm³/mol. The smallest absolute Gasteiger partial charge is 0.288 e. The van der Waals surface area contributed by atoms with E-state index in [4.69, 9.17) is 11.6 Å². The molecule has 0 fully saturated rings. The molecule has 9 heteroatoms. The van der Waals surface area contributed by atoms with Crippen molar-refractivity contribution in [1.82, 2.24) is 9.97 Å². The fourth-order valence-corrected chi connectivity index (χ4v) is 3.59. The molecule has 27 heavy (non-hydrogen) atoms. The number of halogens is 1. The number of aromatic amines is 1. The fourth-order valence-electron chi connectivity index (χ4n) is 2.70. The van der Waals surface area contributed by atoms with Crippen LogP contribution < -0.4 is 5.32 Å². The Morgan fingerprint density at radius 3 is 2.89 bits per heavy atom. The average Bonchev–Trinajstić information content (AvgIpc) is 3.28. The summed E-state index contributed by atoms with van der Waals surface area (Å²) in [7, 11) is 0. The lowest BCUT2D eigenvalue weighted by Gasteiger charge is -2.02. The van der Waals surface area contributed by atoms with Crippen molar-refractivity contribution in [1.29, 1.82) is 0 Å². The van der Waals surface area contributed by atoms with Gasteiger partial charge in [0.2, 0.25) is 0 Å². The summed E-state index contributed by atoms with van der Waals surface area (Å²) in [6.07, 6.45) is 1.87. The number of nitrogens with one attached hydrogen (secondary N) is 2. The van der Waals surface area contributed by atoms with Crippen molar-refractivity contribution in [3.63, 3.8) is 0 Å². The van der Waals surface area contributed by atoms with Crippen molar-refractivity contribution in [2.24, 2.45) is 0 Å². The number of amides is 1. The molecule has 0 unspecified atom stereocenters. The number of nitro benzene ring substituents is 1. The first-order valence-corrected chi connectivity index (χ1v) is 9.06. The van der Waals surface area contributed by atoms with Gasteiger partial charge in [0.25, 0.3) is 11.6 Å². The summed E-state index contributed by atoms with van der Waals surface area (Å²) in [5.74, 6) is -0.491. The maximum Gasteiger partial charge on any atom is 0.288 e. The highest BCUT2D eigenvalue weighted by atomic mass is 35.5. The Labute approximate surface area is 161 Å². The molecule has 0 saturated carbocycles. The number of H-pyrrole nitrogens is 1. The lowest BCUT2D eigenvalue weighted by molar-refractivity contribution is -0.384. The van der Waals surface area contributed by atoms with Crippen LogP contribution in [0.3, 0.4) is 0 Å². The van der Waals surface area contributed by atoms with Crippen molar-refractivity contribution in [3.8, 4) is 11.3 Å². The first-order valence-electron chi connectivity index (χ1n) is 7.80. The third-order valence-electron chi connectivity index (χ3n) is 3.99. The molecule has 0 aliphatic rings. The van der Waals surface area contributed by atoms with Gasteiger partial charge < -0.3 is 4.98 Å². The highest BCUT2D eigenvalue weighted by Gasteiger charge is 2.17. The maximum atomic E-state index is 12.4. The summed E-state index contributed by atoms with van der Waals surface area (Å²) in [6.45, 7) is 0. The third kappa shape index (κ3) is 3.27. The quantitative estimate of drug-likeness (QED) is 0.368. The van der Waals surface area contributed by atoms with Gasteiger partial charge in [-0.25, -0.2) is 4.98 Å². The van der Waals surface area contributed by atoms with Crippen molar-refractivity contribution in [2.45, 2.75) is 0 Å². The Morgan fingerprint density at radius 2 is 2.07 bits per heavy atom. The number of fused-ring (bicyclic) bond motifs is 1. The summed E-state index contributed by atoms with van der Waals surface area (Å²) < 4.78 is 0.